The summed E-state index contributed by atoms with van der Waals surface area (Å²) in [5.74, 6) is -1.79. The van der Waals surface area contributed by atoms with Gasteiger partial charge >= 0.3 is 0 Å². The zero-order chi connectivity index (χ0) is 16.8. The Morgan fingerprint density at radius 2 is 2.13 bits per heavy atom. The fourth-order valence-electron chi connectivity index (χ4n) is 3.42. The lowest BCUT2D eigenvalue weighted by molar-refractivity contribution is -0.119. The first-order valence-corrected chi connectivity index (χ1v) is 7.50. The molecule has 0 spiro atoms. The van der Waals surface area contributed by atoms with Crippen LogP contribution in [0.4, 0.5) is 4.39 Å². The first-order chi connectivity index (χ1) is 10.8. The summed E-state index contributed by atoms with van der Waals surface area (Å²) in [4.78, 5) is 12.7. The van der Waals surface area contributed by atoms with Crippen LogP contribution in [0.15, 0.2) is 35.6 Å². The summed E-state index contributed by atoms with van der Waals surface area (Å²) < 4.78 is 19.1. The number of rotatable bonds is 1. The van der Waals surface area contributed by atoms with Gasteiger partial charge in [0.05, 0.1) is 6.07 Å². The van der Waals surface area contributed by atoms with E-state index in [1.54, 1.807) is 12.1 Å². The van der Waals surface area contributed by atoms with E-state index in [1.165, 1.54) is 12.1 Å². The average molecular weight is 312 g/mol. The predicted molar refractivity (Wildman–Crippen MR) is 82.1 cm³/mol. The number of halogens is 1. The van der Waals surface area contributed by atoms with Crippen LogP contribution in [0.2, 0.25) is 0 Å². The van der Waals surface area contributed by atoms with Gasteiger partial charge in [-0.15, -0.1) is 0 Å². The van der Waals surface area contributed by atoms with Crippen LogP contribution in [0.3, 0.4) is 0 Å². The van der Waals surface area contributed by atoms with Gasteiger partial charge in [0.25, 0.3) is 0 Å². The number of nitriles is 1. The lowest BCUT2D eigenvalue weighted by Gasteiger charge is -2.39. The second-order valence-electron chi connectivity index (χ2n) is 6.88. The molecule has 1 heterocycles. The average Bonchev–Trinajstić information content (AvgIpc) is 2.44. The Kier molecular flexibility index (Phi) is 3.56. The van der Waals surface area contributed by atoms with Gasteiger partial charge in [0.1, 0.15) is 17.5 Å². The van der Waals surface area contributed by atoms with Crippen LogP contribution in [0.25, 0.3) is 0 Å². The standard InChI is InChI=1S/C18H17FN2O2/c1-18(2)7-13(22)16-14(8-18)23-17(21)12(9-20)15(16)10-4-3-5-11(19)6-10/h3-6,12,15,21H,7-8H2,1-2H3. The van der Waals surface area contributed by atoms with Crippen LogP contribution in [-0.4, -0.2) is 11.7 Å². The number of carbonyl (C=O) groups excluding carboxylic acids is 1. The number of ketones is 1. The second kappa shape index (κ2) is 5.31. The Labute approximate surface area is 134 Å². The van der Waals surface area contributed by atoms with Gasteiger partial charge in [-0.1, -0.05) is 26.0 Å². The van der Waals surface area contributed by atoms with Gasteiger partial charge in [-0.2, -0.15) is 5.26 Å². The smallest absolute Gasteiger partial charge is 0.205 e. The number of Topliss-reactive ketones (excluding diaryl/α,β-unsaturated/α-hetero) is 1. The third-order valence-corrected chi connectivity index (χ3v) is 4.39. The van der Waals surface area contributed by atoms with E-state index < -0.39 is 17.7 Å². The lowest BCUT2D eigenvalue weighted by Crippen LogP contribution is -2.38. The van der Waals surface area contributed by atoms with Crippen molar-refractivity contribution in [2.75, 3.05) is 0 Å². The third kappa shape index (κ3) is 2.65. The summed E-state index contributed by atoms with van der Waals surface area (Å²) in [6.45, 7) is 3.93. The van der Waals surface area contributed by atoms with Gasteiger partial charge in [-0.05, 0) is 23.1 Å². The number of carbonyl (C=O) groups is 1. The molecule has 0 bridgehead atoms. The molecular formula is C18H17FN2O2. The van der Waals surface area contributed by atoms with Crippen molar-refractivity contribution in [2.24, 2.45) is 11.3 Å². The largest absolute Gasteiger partial charge is 0.446 e. The highest BCUT2D eigenvalue weighted by Crippen LogP contribution is 2.47. The Balaban J connectivity index is 2.18. The Bertz CT molecular complexity index is 773. The fourth-order valence-corrected chi connectivity index (χ4v) is 3.42. The number of nitrogens with one attached hydrogen (secondary N) is 1. The molecule has 5 heteroatoms. The summed E-state index contributed by atoms with van der Waals surface area (Å²) in [7, 11) is 0. The van der Waals surface area contributed by atoms with Crippen LogP contribution < -0.4 is 0 Å². The maximum absolute atomic E-state index is 13.6. The summed E-state index contributed by atoms with van der Waals surface area (Å²) in [6, 6.07) is 7.92. The van der Waals surface area contributed by atoms with E-state index >= 15 is 0 Å². The van der Waals surface area contributed by atoms with E-state index in [-0.39, 0.29) is 17.1 Å². The molecule has 0 fully saturated rings. The number of allylic oxidation sites excluding steroid dienone is 2. The minimum absolute atomic E-state index is 0.0849. The zero-order valence-corrected chi connectivity index (χ0v) is 13.0. The topological polar surface area (TPSA) is 73.9 Å². The van der Waals surface area contributed by atoms with E-state index in [9.17, 15) is 14.4 Å². The van der Waals surface area contributed by atoms with E-state index in [4.69, 9.17) is 10.1 Å². The predicted octanol–water partition coefficient (Wildman–Crippen LogP) is 3.70. The monoisotopic (exact) mass is 312 g/mol. The molecule has 1 N–H and O–H groups in total. The van der Waals surface area contributed by atoms with Gasteiger partial charge < -0.3 is 4.74 Å². The Morgan fingerprint density at radius 3 is 2.78 bits per heavy atom. The third-order valence-electron chi connectivity index (χ3n) is 4.39. The first-order valence-electron chi connectivity index (χ1n) is 7.50. The first kappa shape index (κ1) is 15.4. The zero-order valence-electron chi connectivity index (χ0n) is 13.0. The minimum Gasteiger partial charge on any atom is -0.446 e. The molecule has 1 aromatic rings. The molecule has 0 amide bonds. The van der Waals surface area contributed by atoms with Crippen molar-refractivity contribution in [3.8, 4) is 6.07 Å². The maximum atomic E-state index is 13.6. The molecule has 2 unspecified atom stereocenters. The highest BCUT2D eigenvalue weighted by Gasteiger charge is 2.46. The van der Waals surface area contributed by atoms with Crippen LogP contribution >= 0.6 is 0 Å². The molecule has 1 aliphatic heterocycles. The molecular weight excluding hydrogens is 295 g/mol. The summed E-state index contributed by atoms with van der Waals surface area (Å²) >= 11 is 0. The molecule has 23 heavy (non-hydrogen) atoms. The number of benzene rings is 1. The number of hydrogen-bond donors (Lipinski definition) is 1. The van der Waals surface area contributed by atoms with Gasteiger partial charge in [-0.25, -0.2) is 4.39 Å². The van der Waals surface area contributed by atoms with Crippen LogP contribution in [-0.2, 0) is 9.53 Å². The van der Waals surface area contributed by atoms with Gasteiger partial charge in [0, 0.05) is 24.3 Å². The molecule has 3 rings (SSSR count). The van der Waals surface area contributed by atoms with Crippen molar-refractivity contribution >= 4 is 11.7 Å². The fraction of sp³-hybridized carbons (Fsp3) is 0.389. The van der Waals surface area contributed by atoms with Gasteiger partial charge in [0.2, 0.25) is 5.90 Å². The SMILES string of the molecule is CC1(C)CC(=O)C2=C(C1)OC(=N)C(C#N)C2c1cccc(F)c1. The van der Waals surface area contributed by atoms with Crippen LogP contribution in [0.5, 0.6) is 0 Å². The molecule has 0 radical (unpaired) electrons. The van der Waals surface area contributed by atoms with Crippen molar-refractivity contribution in [2.45, 2.75) is 32.6 Å². The summed E-state index contributed by atoms with van der Waals surface area (Å²) in [6.07, 6.45) is 0.882. The summed E-state index contributed by atoms with van der Waals surface area (Å²) in [5, 5.41) is 17.5. The lowest BCUT2D eigenvalue weighted by atomic mass is 9.68. The molecule has 1 aromatic carbocycles. The highest BCUT2D eigenvalue weighted by molar-refractivity contribution is 6.01. The molecule has 0 aromatic heterocycles. The molecule has 0 saturated carbocycles. The van der Waals surface area contributed by atoms with Crippen LogP contribution in [0, 0.1) is 33.9 Å². The molecule has 0 saturated heterocycles. The number of hydrogen-bond acceptors (Lipinski definition) is 4. The van der Waals surface area contributed by atoms with Crippen molar-refractivity contribution in [1.29, 1.82) is 10.7 Å². The van der Waals surface area contributed by atoms with Crippen molar-refractivity contribution in [3.63, 3.8) is 0 Å². The van der Waals surface area contributed by atoms with E-state index in [1.807, 2.05) is 19.9 Å². The Hall–Kier alpha value is -2.48. The van der Waals surface area contributed by atoms with E-state index in [0.29, 0.717) is 29.7 Å². The van der Waals surface area contributed by atoms with Gasteiger partial charge in [0.15, 0.2) is 5.78 Å². The molecule has 4 nitrogen and oxygen atoms in total. The van der Waals surface area contributed by atoms with Crippen molar-refractivity contribution < 1.29 is 13.9 Å². The molecule has 2 atom stereocenters. The van der Waals surface area contributed by atoms with Crippen molar-refractivity contribution in [1.82, 2.24) is 0 Å². The molecule has 2 aliphatic rings. The van der Waals surface area contributed by atoms with Gasteiger partial charge in [-0.3, -0.25) is 10.2 Å². The second-order valence-corrected chi connectivity index (χ2v) is 6.88. The molecule has 1 aliphatic carbocycles. The van der Waals surface area contributed by atoms with E-state index in [0.717, 1.165) is 0 Å². The molecule has 118 valence electrons. The Morgan fingerprint density at radius 1 is 1.39 bits per heavy atom. The van der Waals surface area contributed by atoms with E-state index in [2.05, 4.69) is 0 Å². The van der Waals surface area contributed by atoms with Crippen LogP contribution in [0.1, 0.15) is 38.2 Å². The quantitative estimate of drug-likeness (QED) is 0.859. The number of nitrogens with zero attached hydrogens (tertiary/aromatic N) is 1. The highest BCUT2D eigenvalue weighted by atomic mass is 19.1. The van der Waals surface area contributed by atoms with Crippen molar-refractivity contribution in [3.05, 3.63) is 47.0 Å². The normalized spacial score (nSPS) is 26.3. The number of ether oxygens (including phenoxy) is 1. The minimum atomic E-state index is -0.916. The summed E-state index contributed by atoms with van der Waals surface area (Å²) in [5.41, 5.74) is 0.713. The maximum Gasteiger partial charge on any atom is 0.205 e.